The van der Waals surface area contributed by atoms with Crippen molar-refractivity contribution in [3.63, 3.8) is 0 Å². The zero-order valence-electron chi connectivity index (χ0n) is 12.2. The van der Waals surface area contributed by atoms with E-state index in [0.29, 0.717) is 0 Å². The summed E-state index contributed by atoms with van der Waals surface area (Å²) in [5, 5.41) is 6.15. The van der Waals surface area contributed by atoms with Crippen LogP contribution in [0.25, 0.3) is 10.8 Å². The van der Waals surface area contributed by atoms with E-state index in [1.165, 1.54) is 26.9 Å². The molecule has 0 aliphatic carbocycles. The topological polar surface area (TPSA) is 12.0 Å². The largest absolute Gasteiger partial charge is 0.380 e. The van der Waals surface area contributed by atoms with E-state index in [1.807, 2.05) is 11.8 Å². The Balaban J connectivity index is 1.77. The fourth-order valence-electron chi connectivity index (χ4n) is 2.44. The Morgan fingerprint density at radius 3 is 2.48 bits per heavy atom. The Bertz CT molecular complexity index is 736. The van der Waals surface area contributed by atoms with Gasteiger partial charge in [0, 0.05) is 17.1 Å². The van der Waals surface area contributed by atoms with Crippen molar-refractivity contribution in [2.24, 2.45) is 0 Å². The van der Waals surface area contributed by atoms with E-state index in [-0.39, 0.29) is 0 Å². The van der Waals surface area contributed by atoms with Gasteiger partial charge in [0.05, 0.1) is 0 Å². The molecule has 0 saturated heterocycles. The normalized spacial score (nSPS) is 10.7. The molecule has 3 aromatic carbocycles. The highest BCUT2D eigenvalue weighted by atomic mass is 32.2. The Morgan fingerprint density at radius 2 is 1.62 bits per heavy atom. The maximum Gasteiger partial charge on any atom is 0.0481 e. The fraction of sp³-hybridized carbons (Fsp3) is 0.158. The van der Waals surface area contributed by atoms with Crippen LogP contribution in [0, 0.1) is 0 Å². The highest BCUT2D eigenvalue weighted by Gasteiger charge is 2.02. The van der Waals surface area contributed by atoms with Gasteiger partial charge in [-0.05, 0) is 40.3 Å². The molecule has 106 valence electrons. The summed E-state index contributed by atoms with van der Waals surface area (Å²) >= 11 is 1.88. The van der Waals surface area contributed by atoms with Gasteiger partial charge >= 0.3 is 0 Å². The molecule has 3 rings (SSSR count). The first-order chi connectivity index (χ1) is 10.4. The van der Waals surface area contributed by atoms with Crippen molar-refractivity contribution in [1.29, 1.82) is 0 Å². The van der Waals surface area contributed by atoms with Crippen LogP contribution in [0.15, 0.2) is 71.6 Å². The molecule has 1 N–H and O–H groups in total. The third kappa shape index (κ3) is 3.40. The highest BCUT2D eigenvalue weighted by Crippen LogP contribution is 2.27. The lowest BCUT2D eigenvalue weighted by atomic mass is 10.1. The average molecular weight is 293 g/mol. The van der Waals surface area contributed by atoms with E-state index in [4.69, 9.17) is 0 Å². The van der Waals surface area contributed by atoms with Crippen molar-refractivity contribution in [3.8, 4) is 0 Å². The third-order valence-corrected chi connectivity index (χ3v) is 4.44. The quantitative estimate of drug-likeness (QED) is 0.618. The Labute approximate surface area is 130 Å². The van der Waals surface area contributed by atoms with Gasteiger partial charge in [-0.3, -0.25) is 0 Å². The summed E-state index contributed by atoms with van der Waals surface area (Å²) in [6.45, 7) is 3.04. The predicted octanol–water partition coefficient (Wildman–Crippen LogP) is 5.56. The number of nitrogens with one attached hydrogen (secondary N) is 1. The molecule has 0 radical (unpaired) electrons. The van der Waals surface area contributed by atoms with Gasteiger partial charge in [0.1, 0.15) is 0 Å². The number of anilines is 1. The van der Waals surface area contributed by atoms with Gasteiger partial charge in [-0.1, -0.05) is 55.5 Å². The van der Waals surface area contributed by atoms with Crippen LogP contribution in [0.1, 0.15) is 12.5 Å². The van der Waals surface area contributed by atoms with Gasteiger partial charge in [0.2, 0.25) is 0 Å². The van der Waals surface area contributed by atoms with Crippen LogP contribution in [-0.2, 0) is 6.54 Å². The molecule has 1 nitrogen and oxygen atoms in total. The number of benzene rings is 3. The third-order valence-electron chi connectivity index (χ3n) is 3.48. The summed E-state index contributed by atoms with van der Waals surface area (Å²) in [5.41, 5.74) is 2.53. The van der Waals surface area contributed by atoms with Crippen LogP contribution < -0.4 is 5.32 Å². The van der Waals surface area contributed by atoms with E-state index in [1.54, 1.807) is 0 Å². The van der Waals surface area contributed by atoms with Crippen LogP contribution >= 0.6 is 11.8 Å². The van der Waals surface area contributed by atoms with Crippen molar-refractivity contribution < 1.29 is 0 Å². The minimum Gasteiger partial charge on any atom is -0.380 e. The lowest BCUT2D eigenvalue weighted by Crippen LogP contribution is -2.00. The zero-order chi connectivity index (χ0) is 14.5. The Morgan fingerprint density at radius 1 is 0.857 bits per heavy atom. The SMILES string of the molecule is CCSc1ccccc1NCc1ccc2ccccc2c1. The van der Waals surface area contributed by atoms with Crippen molar-refractivity contribution in [2.75, 3.05) is 11.1 Å². The number of hydrogen-bond acceptors (Lipinski definition) is 2. The predicted molar refractivity (Wildman–Crippen MR) is 94.1 cm³/mol. The molecule has 2 heteroatoms. The maximum absolute atomic E-state index is 3.56. The van der Waals surface area contributed by atoms with Crippen LogP contribution in [0.2, 0.25) is 0 Å². The van der Waals surface area contributed by atoms with E-state index < -0.39 is 0 Å². The highest BCUT2D eigenvalue weighted by molar-refractivity contribution is 7.99. The molecule has 3 aromatic rings. The first-order valence-corrected chi connectivity index (χ1v) is 8.29. The molecule has 0 aliphatic heterocycles. The molecule has 0 heterocycles. The van der Waals surface area contributed by atoms with E-state index >= 15 is 0 Å². The van der Waals surface area contributed by atoms with Gasteiger partial charge in [0.15, 0.2) is 0 Å². The van der Waals surface area contributed by atoms with Crippen LogP contribution in [0.3, 0.4) is 0 Å². The average Bonchev–Trinajstić information content (AvgIpc) is 2.54. The fourth-order valence-corrected chi connectivity index (χ4v) is 3.22. The van der Waals surface area contributed by atoms with E-state index in [2.05, 4.69) is 79.0 Å². The summed E-state index contributed by atoms with van der Waals surface area (Å²) in [7, 11) is 0. The van der Waals surface area contributed by atoms with Crippen LogP contribution in [0.4, 0.5) is 5.69 Å². The molecule has 0 amide bonds. The minimum atomic E-state index is 0.853. The maximum atomic E-state index is 3.56. The number of thioether (sulfide) groups is 1. The van der Waals surface area contributed by atoms with Crippen molar-refractivity contribution in [2.45, 2.75) is 18.4 Å². The summed E-state index contributed by atoms with van der Waals surface area (Å²) in [4.78, 5) is 1.32. The number of rotatable bonds is 5. The minimum absolute atomic E-state index is 0.853. The summed E-state index contributed by atoms with van der Waals surface area (Å²) < 4.78 is 0. The number of para-hydroxylation sites is 1. The second-order valence-corrected chi connectivity index (χ2v) is 6.27. The summed E-state index contributed by atoms with van der Waals surface area (Å²) in [6.07, 6.45) is 0. The summed E-state index contributed by atoms with van der Waals surface area (Å²) in [6, 6.07) is 23.7. The smallest absolute Gasteiger partial charge is 0.0481 e. The van der Waals surface area contributed by atoms with E-state index in [9.17, 15) is 0 Å². The van der Waals surface area contributed by atoms with Gasteiger partial charge in [0.25, 0.3) is 0 Å². The number of hydrogen-bond donors (Lipinski definition) is 1. The number of fused-ring (bicyclic) bond motifs is 1. The van der Waals surface area contributed by atoms with Crippen molar-refractivity contribution >= 4 is 28.2 Å². The van der Waals surface area contributed by atoms with Crippen LogP contribution in [-0.4, -0.2) is 5.75 Å². The zero-order valence-corrected chi connectivity index (χ0v) is 13.0. The second-order valence-electron chi connectivity index (χ2n) is 4.96. The molecule has 21 heavy (non-hydrogen) atoms. The van der Waals surface area contributed by atoms with Crippen molar-refractivity contribution in [1.82, 2.24) is 0 Å². The van der Waals surface area contributed by atoms with Gasteiger partial charge in [-0.2, -0.15) is 0 Å². The molecule has 0 fully saturated rings. The lowest BCUT2D eigenvalue weighted by molar-refractivity contribution is 1.14. The molecule has 0 aliphatic rings. The molecule has 0 spiro atoms. The van der Waals surface area contributed by atoms with Crippen LogP contribution in [0.5, 0.6) is 0 Å². The molecular weight excluding hydrogens is 274 g/mol. The second kappa shape index (κ2) is 6.68. The van der Waals surface area contributed by atoms with E-state index in [0.717, 1.165) is 12.3 Å². The van der Waals surface area contributed by atoms with Crippen molar-refractivity contribution in [3.05, 3.63) is 72.3 Å². The first kappa shape index (κ1) is 14.0. The molecule has 0 unspecified atom stereocenters. The molecule has 0 atom stereocenters. The lowest BCUT2D eigenvalue weighted by Gasteiger charge is -2.11. The van der Waals surface area contributed by atoms with Gasteiger partial charge in [-0.15, -0.1) is 11.8 Å². The molecule has 0 aromatic heterocycles. The standard InChI is InChI=1S/C19H19NS/c1-2-21-19-10-6-5-9-18(19)20-14-15-11-12-16-7-3-4-8-17(16)13-15/h3-13,20H,2,14H2,1H3. The Kier molecular flexibility index (Phi) is 4.46. The summed E-state index contributed by atoms with van der Waals surface area (Å²) in [5.74, 6) is 1.09. The molecular formula is C19H19NS. The Hall–Kier alpha value is -1.93. The monoisotopic (exact) mass is 293 g/mol. The van der Waals surface area contributed by atoms with Gasteiger partial charge in [-0.25, -0.2) is 0 Å². The first-order valence-electron chi connectivity index (χ1n) is 7.30. The molecule has 0 saturated carbocycles. The molecule has 0 bridgehead atoms. The van der Waals surface area contributed by atoms with Gasteiger partial charge < -0.3 is 5.32 Å².